The van der Waals surface area contributed by atoms with Crippen LogP contribution in [0.1, 0.15) is 5.82 Å². The number of benzene rings is 1. The topological polar surface area (TPSA) is 38.9 Å². The van der Waals surface area contributed by atoms with Crippen molar-refractivity contribution in [3.63, 3.8) is 0 Å². The van der Waals surface area contributed by atoms with Gasteiger partial charge in [0.1, 0.15) is 0 Å². The second kappa shape index (κ2) is 4.68. The van der Waals surface area contributed by atoms with E-state index in [9.17, 15) is 0 Å². The van der Waals surface area contributed by atoms with Crippen LogP contribution in [0.5, 0.6) is 0 Å². The van der Waals surface area contributed by atoms with Crippen molar-refractivity contribution in [2.75, 3.05) is 6.26 Å². The maximum atomic E-state index is 5.59. The molecule has 0 aliphatic carbocycles. The van der Waals surface area contributed by atoms with Crippen LogP contribution in [0.2, 0.25) is 0 Å². The van der Waals surface area contributed by atoms with Gasteiger partial charge in [-0.25, -0.2) is 0 Å². The van der Waals surface area contributed by atoms with E-state index in [1.165, 1.54) is 4.90 Å². The summed E-state index contributed by atoms with van der Waals surface area (Å²) in [6.45, 7) is 0. The number of thioether (sulfide) groups is 1. The Bertz CT molecular complexity index is 441. The van der Waals surface area contributed by atoms with Crippen molar-refractivity contribution in [2.45, 2.75) is 10.8 Å². The van der Waals surface area contributed by atoms with Crippen LogP contribution in [0.3, 0.4) is 0 Å². The van der Waals surface area contributed by atoms with Gasteiger partial charge in [0.25, 0.3) is 5.89 Å². The van der Waals surface area contributed by atoms with Gasteiger partial charge in [-0.05, 0) is 30.5 Å². The quantitative estimate of drug-likeness (QED) is 0.610. The molecule has 3 nitrogen and oxygen atoms in total. The SMILES string of the molecule is CSc1ccc(-c2nc(CCl)no2)cc1. The molecule has 1 aromatic heterocycles. The molecule has 0 spiro atoms. The first-order chi connectivity index (χ1) is 7.33. The smallest absolute Gasteiger partial charge is 0.257 e. The van der Waals surface area contributed by atoms with Crippen LogP contribution in [0, 0.1) is 0 Å². The first kappa shape index (κ1) is 10.5. The summed E-state index contributed by atoms with van der Waals surface area (Å²) >= 11 is 7.28. The molecule has 0 atom stereocenters. The Morgan fingerprint density at radius 2 is 2.07 bits per heavy atom. The van der Waals surface area contributed by atoms with Crippen molar-refractivity contribution in [3.05, 3.63) is 30.1 Å². The second-order valence-corrected chi connectivity index (χ2v) is 4.02. The minimum atomic E-state index is 0.270. The molecule has 0 fully saturated rings. The van der Waals surface area contributed by atoms with E-state index >= 15 is 0 Å². The van der Waals surface area contributed by atoms with Crippen molar-refractivity contribution < 1.29 is 4.52 Å². The molecule has 5 heteroatoms. The lowest BCUT2D eigenvalue weighted by Crippen LogP contribution is -1.80. The molecular weight excluding hydrogens is 232 g/mol. The maximum absolute atomic E-state index is 5.59. The second-order valence-electron chi connectivity index (χ2n) is 2.88. The molecule has 2 rings (SSSR count). The molecule has 0 saturated heterocycles. The van der Waals surface area contributed by atoms with Crippen LogP contribution in [0.25, 0.3) is 11.5 Å². The van der Waals surface area contributed by atoms with E-state index in [1.54, 1.807) is 11.8 Å². The summed E-state index contributed by atoms with van der Waals surface area (Å²) < 4.78 is 5.06. The Morgan fingerprint density at radius 3 is 2.60 bits per heavy atom. The Kier molecular flexibility index (Phi) is 3.28. The molecule has 0 bridgehead atoms. The number of nitrogens with zero attached hydrogens (tertiary/aromatic N) is 2. The first-order valence-electron chi connectivity index (χ1n) is 4.36. The number of rotatable bonds is 3. The van der Waals surface area contributed by atoms with E-state index in [1.807, 2.05) is 30.5 Å². The lowest BCUT2D eigenvalue weighted by molar-refractivity contribution is 0.425. The minimum absolute atomic E-state index is 0.270. The molecule has 0 aliphatic rings. The summed E-state index contributed by atoms with van der Waals surface area (Å²) in [5.41, 5.74) is 0.914. The van der Waals surface area contributed by atoms with E-state index in [4.69, 9.17) is 16.1 Å². The van der Waals surface area contributed by atoms with Gasteiger partial charge in [-0.3, -0.25) is 0 Å². The molecule has 15 heavy (non-hydrogen) atoms. The molecule has 0 unspecified atom stereocenters. The zero-order valence-corrected chi connectivity index (χ0v) is 9.68. The van der Waals surface area contributed by atoms with Crippen LogP contribution < -0.4 is 0 Å². The molecule has 2 aromatic rings. The molecular formula is C10H9ClN2OS. The van der Waals surface area contributed by atoms with E-state index in [-0.39, 0.29) is 5.88 Å². The zero-order valence-electron chi connectivity index (χ0n) is 8.11. The standard InChI is InChI=1S/C10H9ClN2OS/c1-15-8-4-2-7(3-5-8)10-12-9(6-11)13-14-10/h2-5H,6H2,1H3. The van der Waals surface area contributed by atoms with Gasteiger partial charge in [-0.15, -0.1) is 23.4 Å². The fourth-order valence-electron chi connectivity index (χ4n) is 1.16. The van der Waals surface area contributed by atoms with Gasteiger partial charge in [0.05, 0.1) is 5.88 Å². The van der Waals surface area contributed by atoms with Crippen molar-refractivity contribution in [1.82, 2.24) is 10.1 Å². The van der Waals surface area contributed by atoms with Crippen LogP contribution in [0.4, 0.5) is 0 Å². The fraction of sp³-hybridized carbons (Fsp3) is 0.200. The summed E-state index contributed by atoms with van der Waals surface area (Å²) in [5.74, 6) is 1.30. The highest BCUT2D eigenvalue weighted by Gasteiger charge is 2.07. The monoisotopic (exact) mass is 240 g/mol. The van der Waals surface area contributed by atoms with Gasteiger partial charge in [-0.2, -0.15) is 4.98 Å². The molecule has 1 aromatic carbocycles. The third kappa shape index (κ3) is 2.33. The number of alkyl halides is 1. The van der Waals surface area contributed by atoms with Crippen LogP contribution in [-0.2, 0) is 5.88 Å². The average molecular weight is 241 g/mol. The molecule has 0 aliphatic heterocycles. The van der Waals surface area contributed by atoms with Crippen molar-refractivity contribution >= 4 is 23.4 Å². The number of hydrogen-bond acceptors (Lipinski definition) is 4. The van der Waals surface area contributed by atoms with Crippen LogP contribution in [0.15, 0.2) is 33.7 Å². The Morgan fingerprint density at radius 1 is 1.33 bits per heavy atom. The lowest BCUT2D eigenvalue weighted by Gasteiger charge is -1.96. The molecule has 0 radical (unpaired) electrons. The largest absolute Gasteiger partial charge is 0.334 e. The predicted molar refractivity (Wildman–Crippen MR) is 61.1 cm³/mol. The van der Waals surface area contributed by atoms with Crippen molar-refractivity contribution in [2.24, 2.45) is 0 Å². The normalized spacial score (nSPS) is 10.5. The van der Waals surface area contributed by atoms with Crippen LogP contribution >= 0.6 is 23.4 Å². The van der Waals surface area contributed by atoms with Crippen molar-refractivity contribution in [1.29, 1.82) is 0 Å². The average Bonchev–Trinajstić information content (AvgIpc) is 2.78. The fourth-order valence-corrected chi connectivity index (χ4v) is 1.68. The number of halogens is 1. The Hall–Kier alpha value is -1.00. The highest BCUT2D eigenvalue weighted by molar-refractivity contribution is 7.98. The number of hydrogen-bond donors (Lipinski definition) is 0. The third-order valence-corrected chi connectivity index (χ3v) is 2.91. The minimum Gasteiger partial charge on any atom is -0.334 e. The van der Waals surface area contributed by atoms with Gasteiger partial charge in [0, 0.05) is 10.5 Å². The van der Waals surface area contributed by atoms with Gasteiger partial charge in [-0.1, -0.05) is 5.16 Å². The van der Waals surface area contributed by atoms with E-state index in [0.29, 0.717) is 11.7 Å². The first-order valence-corrected chi connectivity index (χ1v) is 6.12. The van der Waals surface area contributed by atoms with Crippen molar-refractivity contribution in [3.8, 4) is 11.5 Å². The Balaban J connectivity index is 2.28. The summed E-state index contributed by atoms with van der Waals surface area (Å²) in [6.07, 6.45) is 2.04. The molecule has 0 amide bonds. The molecule has 0 saturated carbocycles. The van der Waals surface area contributed by atoms with Gasteiger partial charge in [0.2, 0.25) is 0 Å². The summed E-state index contributed by atoms with van der Waals surface area (Å²) in [4.78, 5) is 5.34. The number of aromatic nitrogens is 2. The van der Waals surface area contributed by atoms with Gasteiger partial charge >= 0.3 is 0 Å². The van der Waals surface area contributed by atoms with Crippen LogP contribution in [-0.4, -0.2) is 16.4 Å². The maximum Gasteiger partial charge on any atom is 0.257 e. The molecule has 0 N–H and O–H groups in total. The summed E-state index contributed by atoms with van der Waals surface area (Å²) in [7, 11) is 0. The third-order valence-electron chi connectivity index (χ3n) is 1.92. The molecule has 78 valence electrons. The van der Waals surface area contributed by atoms with E-state index in [0.717, 1.165) is 5.56 Å². The highest BCUT2D eigenvalue weighted by Crippen LogP contribution is 2.21. The summed E-state index contributed by atoms with van der Waals surface area (Å²) in [5, 5.41) is 3.73. The lowest BCUT2D eigenvalue weighted by atomic mass is 10.2. The summed E-state index contributed by atoms with van der Waals surface area (Å²) in [6, 6.07) is 7.95. The zero-order chi connectivity index (χ0) is 10.7. The van der Waals surface area contributed by atoms with Gasteiger partial charge < -0.3 is 4.52 Å². The van der Waals surface area contributed by atoms with E-state index in [2.05, 4.69) is 10.1 Å². The van der Waals surface area contributed by atoms with Gasteiger partial charge in [0.15, 0.2) is 5.82 Å². The predicted octanol–water partition coefficient (Wildman–Crippen LogP) is 3.20. The van der Waals surface area contributed by atoms with E-state index < -0.39 is 0 Å². The Labute approximate surface area is 96.8 Å². The molecule has 1 heterocycles. The highest BCUT2D eigenvalue weighted by atomic mass is 35.5.